The number of benzene rings is 1. The van der Waals surface area contributed by atoms with Crippen molar-refractivity contribution in [1.82, 2.24) is 14.6 Å². The van der Waals surface area contributed by atoms with Crippen LogP contribution in [0.3, 0.4) is 0 Å². The lowest BCUT2D eigenvalue weighted by Crippen LogP contribution is -2.07. The van der Waals surface area contributed by atoms with Crippen LogP contribution < -0.4 is 11.1 Å². The van der Waals surface area contributed by atoms with Gasteiger partial charge in [-0.2, -0.15) is 9.61 Å². The maximum absolute atomic E-state index is 8.00. The van der Waals surface area contributed by atoms with Gasteiger partial charge in [-0.3, -0.25) is 0 Å². The van der Waals surface area contributed by atoms with Crippen molar-refractivity contribution >= 4 is 17.3 Å². The van der Waals surface area contributed by atoms with Gasteiger partial charge in [0.15, 0.2) is 5.65 Å². The molecule has 0 atom stereocenters. The van der Waals surface area contributed by atoms with E-state index in [9.17, 15) is 0 Å². The molecule has 3 rings (SSSR count). The second-order valence-corrected chi connectivity index (χ2v) is 6.20. The molecule has 2 aromatic heterocycles. The Morgan fingerprint density at radius 1 is 1.31 bits per heavy atom. The van der Waals surface area contributed by atoms with Crippen LogP contribution in [0.1, 0.15) is 37.3 Å². The first-order chi connectivity index (χ1) is 12.6. The largest absolute Gasteiger partial charge is 0.396 e. The van der Waals surface area contributed by atoms with E-state index in [0.29, 0.717) is 18.2 Å². The number of hydrogen-bond donors (Lipinski definition) is 3. The zero-order valence-corrected chi connectivity index (χ0v) is 15.4. The van der Waals surface area contributed by atoms with Gasteiger partial charge in [0.25, 0.3) is 0 Å². The molecule has 26 heavy (non-hydrogen) atoms. The Labute approximate surface area is 154 Å². The van der Waals surface area contributed by atoms with Crippen LogP contribution >= 0.6 is 0 Å². The Kier molecular flexibility index (Phi) is 7.17. The first-order valence-electron chi connectivity index (χ1n) is 8.70. The molecular formula is C20H27N5O. The quantitative estimate of drug-likeness (QED) is 0.589. The Hall–Kier alpha value is -2.86. The fraction of sp³-hybridized carbons (Fsp3) is 0.300. The van der Waals surface area contributed by atoms with E-state index in [0.717, 1.165) is 23.6 Å². The molecule has 4 N–H and O–H groups in total. The third-order valence-electron chi connectivity index (χ3n) is 3.79. The number of nitrogens with one attached hydrogen (secondary N) is 1. The summed E-state index contributed by atoms with van der Waals surface area (Å²) in [5.74, 6) is 1.72. The molecule has 3 aromatic rings. The molecule has 0 aliphatic carbocycles. The van der Waals surface area contributed by atoms with Crippen molar-refractivity contribution in [3.63, 3.8) is 0 Å². The van der Waals surface area contributed by atoms with Gasteiger partial charge in [-0.05, 0) is 17.9 Å². The van der Waals surface area contributed by atoms with Crippen molar-refractivity contribution < 1.29 is 5.11 Å². The molecule has 0 unspecified atom stereocenters. The molecule has 0 fully saturated rings. The number of rotatable bonds is 6. The molecule has 0 radical (unpaired) electrons. The first kappa shape index (κ1) is 19.5. The average molecular weight is 353 g/mol. The molecule has 6 nitrogen and oxygen atoms in total. The number of aliphatic hydroxyl groups excluding tert-OH is 1. The van der Waals surface area contributed by atoms with Crippen molar-refractivity contribution in [3.05, 3.63) is 66.4 Å². The molecule has 0 saturated heterocycles. The number of nitrogens with zero attached hydrogens (tertiary/aromatic N) is 3. The van der Waals surface area contributed by atoms with Gasteiger partial charge in [-0.25, -0.2) is 4.98 Å². The van der Waals surface area contributed by atoms with E-state index < -0.39 is 0 Å². The Morgan fingerprint density at radius 2 is 2.04 bits per heavy atom. The van der Waals surface area contributed by atoms with Gasteiger partial charge in [-0.1, -0.05) is 50.3 Å². The number of anilines is 2. The standard InChI is InChI=1S/C16H19N5.C4H8O/c1-11(2)13-10-19-21-15(8-14(17)20-16(13)21)18-9-12-6-4-3-5-7-12;1-2-3-4-5/h3-8,10-11,18H,9H2,1-2H3,(H2,17,20);2,5H,1,3-4H2. The normalized spacial score (nSPS) is 10.5. The summed E-state index contributed by atoms with van der Waals surface area (Å²) in [5.41, 5.74) is 9.06. The van der Waals surface area contributed by atoms with Gasteiger partial charge in [-0.15, -0.1) is 6.58 Å². The summed E-state index contributed by atoms with van der Waals surface area (Å²) in [6.45, 7) is 8.58. The first-order valence-corrected chi connectivity index (χ1v) is 8.70. The van der Waals surface area contributed by atoms with Crippen LogP contribution in [0.5, 0.6) is 0 Å². The number of nitrogens with two attached hydrogens (primary N) is 1. The molecule has 6 heteroatoms. The highest BCUT2D eigenvalue weighted by atomic mass is 16.2. The molecule has 0 saturated carbocycles. The number of nitrogen functional groups attached to an aromatic ring is 1. The summed E-state index contributed by atoms with van der Waals surface area (Å²) >= 11 is 0. The second-order valence-electron chi connectivity index (χ2n) is 6.20. The van der Waals surface area contributed by atoms with E-state index in [1.165, 1.54) is 5.56 Å². The zero-order valence-electron chi connectivity index (χ0n) is 15.4. The molecule has 2 heterocycles. The fourth-order valence-electron chi connectivity index (χ4n) is 2.41. The number of hydrogen-bond acceptors (Lipinski definition) is 5. The van der Waals surface area contributed by atoms with Crippen LogP contribution in [0.15, 0.2) is 55.3 Å². The summed E-state index contributed by atoms with van der Waals surface area (Å²) < 4.78 is 1.81. The molecule has 138 valence electrons. The van der Waals surface area contributed by atoms with Crippen LogP contribution in [-0.4, -0.2) is 26.3 Å². The van der Waals surface area contributed by atoms with Gasteiger partial charge in [0.05, 0.1) is 6.20 Å². The summed E-state index contributed by atoms with van der Waals surface area (Å²) in [7, 11) is 0. The van der Waals surface area contributed by atoms with Crippen LogP contribution in [0, 0.1) is 0 Å². The van der Waals surface area contributed by atoms with Gasteiger partial charge >= 0.3 is 0 Å². The summed E-state index contributed by atoms with van der Waals surface area (Å²) in [4.78, 5) is 4.41. The van der Waals surface area contributed by atoms with Crippen LogP contribution in [0.2, 0.25) is 0 Å². The van der Waals surface area contributed by atoms with E-state index in [-0.39, 0.29) is 6.61 Å². The third kappa shape index (κ3) is 5.07. The smallest absolute Gasteiger partial charge is 0.163 e. The summed E-state index contributed by atoms with van der Waals surface area (Å²) in [6, 6.07) is 12.0. The van der Waals surface area contributed by atoms with Crippen molar-refractivity contribution in [2.24, 2.45) is 0 Å². The lowest BCUT2D eigenvalue weighted by molar-refractivity contribution is 0.303. The predicted octanol–water partition coefficient (Wildman–Crippen LogP) is 3.60. The fourth-order valence-corrected chi connectivity index (χ4v) is 2.41. The van der Waals surface area contributed by atoms with Gasteiger partial charge < -0.3 is 16.2 Å². The van der Waals surface area contributed by atoms with E-state index in [1.54, 1.807) is 6.08 Å². The van der Waals surface area contributed by atoms with Gasteiger partial charge in [0, 0.05) is 24.8 Å². The van der Waals surface area contributed by atoms with Crippen molar-refractivity contribution in [2.45, 2.75) is 32.7 Å². The predicted molar refractivity (Wildman–Crippen MR) is 107 cm³/mol. The summed E-state index contributed by atoms with van der Waals surface area (Å²) in [6.07, 6.45) is 4.25. The molecule has 1 aromatic carbocycles. The highest BCUT2D eigenvalue weighted by Crippen LogP contribution is 2.23. The average Bonchev–Trinajstić information content (AvgIpc) is 3.06. The van der Waals surface area contributed by atoms with E-state index in [2.05, 4.69) is 48.0 Å². The summed E-state index contributed by atoms with van der Waals surface area (Å²) in [5, 5.41) is 15.8. The van der Waals surface area contributed by atoms with E-state index in [1.807, 2.05) is 35.0 Å². The third-order valence-corrected chi connectivity index (χ3v) is 3.79. The Balaban J connectivity index is 0.000000431. The number of aromatic nitrogens is 3. The second kappa shape index (κ2) is 9.58. The Bertz CT molecular complexity index is 827. The lowest BCUT2D eigenvalue weighted by atomic mass is 10.1. The molecular weight excluding hydrogens is 326 g/mol. The van der Waals surface area contributed by atoms with Crippen molar-refractivity contribution in [2.75, 3.05) is 17.7 Å². The molecule has 0 bridgehead atoms. The van der Waals surface area contributed by atoms with Gasteiger partial charge in [0.2, 0.25) is 0 Å². The number of aliphatic hydroxyl groups is 1. The zero-order chi connectivity index (χ0) is 18.9. The maximum atomic E-state index is 8.00. The highest BCUT2D eigenvalue weighted by Gasteiger charge is 2.12. The molecule has 0 aliphatic heterocycles. The lowest BCUT2D eigenvalue weighted by Gasteiger charge is -2.10. The minimum Gasteiger partial charge on any atom is -0.396 e. The van der Waals surface area contributed by atoms with E-state index in [4.69, 9.17) is 10.8 Å². The molecule has 0 aliphatic rings. The number of fused-ring (bicyclic) bond motifs is 1. The topological polar surface area (TPSA) is 88.5 Å². The Morgan fingerprint density at radius 3 is 2.62 bits per heavy atom. The minimum atomic E-state index is 0.226. The van der Waals surface area contributed by atoms with Crippen LogP contribution in [-0.2, 0) is 6.54 Å². The minimum absolute atomic E-state index is 0.226. The molecule has 0 amide bonds. The van der Waals surface area contributed by atoms with Crippen molar-refractivity contribution in [1.29, 1.82) is 0 Å². The SMILES string of the molecule is C=CCCO.CC(C)c1cnn2c(NCc3ccccc3)cc(N)nc12. The van der Waals surface area contributed by atoms with Gasteiger partial charge in [0.1, 0.15) is 11.6 Å². The van der Waals surface area contributed by atoms with E-state index >= 15 is 0 Å². The maximum Gasteiger partial charge on any atom is 0.163 e. The van der Waals surface area contributed by atoms with Crippen LogP contribution in [0.25, 0.3) is 5.65 Å². The van der Waals surface area contributed by atoms with Crippen LogP contribution in [0.4, 0.5) is 11.6 Å². The monoisotopic (exact) mass is 353 g/mol. The highest BCUT2D eigenvalue weighted by molar-refractivity contribution is 5.59. The van der Waals surface area contributed by atoms with Crippen molar-refractivity contribution in [3.8, 4) is 0 Å². The molecule has 0 spiro atoms.